The third kappa shape index (κ3) is 4.86. The number of aromatic nitrogens is 4. The normalized spacial score (nSPS) is 10.9. The number of anilines is 1. The highest BCUT2D eigenvalue weighted by atomic mass is 32.2. The number of primary amides is 1. The van der Waals surface area contributed by atoms with Crippen molar-refractivity contribution in [2.45, 2.75) is 32.0 Å². The van der Waals surface area contributed by atoms with E-state index in [1.807, 2.05) is 41.4 Å². The largest absolute Gasteiger partial charge is 0.465 e. The number of rotatable bonds is 9. The number of esters is 1. The lowest BCUT2D eigenvalue weighted by Gasteiger charge is -2.08. The molecule has 3 aromatic rings. The summed E-state index contributed by atoms with van der Waals surface area (Å²) < 4.78 is 8.77. The molecule has 0 aromatic carbocycles. The zero-order chi connectivity index (χ0) is 23.4. The van der Waals surface area contributed by atoms with Gasteiger partial charge in [-0.15, -0.1) is 21.5 Å². The summed E-state index contributed by atoms with van der Waals surface area (Å²) in [6, 6.07) is 4.00. The minimum atomic E-state index is -0.672. The molecule has 0 saturated heterocycles. The van der Waals surface area contributed by atoms with Crippen molar-refractivity contribution in [1.82, 2.24) is 19.3 Å². The highest BCUT2D eigenvalue weighted by Crippen LogP contribution is 2.33. The molecule has 0 radical (unpaired) electrons. The molecule has 10 nitrogen and oxygen atoms in total. The second kappa shape index (κ2) is 10.0. The van der Waals surface area contributed by atoms with Crippen molar-refractivity contribution in [3.05, 3.63) is 45.9 Å². The number of carbonyl (C=O) groups excluding carboxylic acids is 3. The summed E-state index contributed by atoms with van der Waals surface area (Å²) in [7, 11) is 3.20. The molecule has 0 aliphatic carbocycles. The summed E-state index contributed by atoms with van der Waals surface area (Å²) in [5, 5.41) is 12.1. The maximum Gasteiger partial charge on any atom is 0.341 e. The van der Waals surface area contributed by atoms with E-state index < -0.39 is 11.9 Å². The molecule has 0 spiro atoms. The van der Waals surface area contributed by atoms with Gasteiger partial charge in [-0.2, -0.15) is 0 Å². The van der Waals surface area contributed by atoms with Gasteiger partial charge in [-0.25, -0.2) is 4.79 Å². The molecular formula is C20H24N6O4S2. The number of aryl methyl sites for hydroxylation is 1. The molecule has 2 amide bonds. The first kappa shape index (κ1) is 23.5. The number of nitrogens with one attached hydrogen (secondary N) is 1. The molecule has 3 N–H and O–H groups in total. The number of nitrogens with zero attached hydrogens (tertiary/aromatic N) is 4. The summed E-state index contributed by atoms with van der Waals surface area (Å²) in [6.45, 7) is 4.24. The molecule has 0 saturated carbocycles. The standard InChI is InChI=1S/C20H24N6O4S2/c1-5-26-13(9-12-7-6-8-25(12)3)23-24-20(26)31-10-14(27)22-18-15(19(29)30-4)11(2)16(32-18)17(21)28/h6-8H,5,9-10H2,1-4H3,(H2,21,28)(H,22,27). The maximum atomic E-state index is 12.6. The molecule has 32 heavy (non-hydrogen) atoms. The Morgan fingerprint density at radius 1 is 1.31 bits per heavy atom. The Labute approximate surface area is 193 Å². The highest BCUT2D eigenvalue weighted by Gasteiger charge is 2.25. The molecule has 3 rings (SSSR count). The SMILES string of the molecule is CCn1c(Cc2cccn2C)nnc1SCC(=O)Nc1sc(C(N)=O)c(C)c1C(=O)OC. The van der Waals surface area contributed by atoms with Gasteiger partial charge in [-0.3, -0.25) is 9.59 Å². The van der Waals surface area contributed by atoms with Crippen molar-refractivity contribution >= 4 is 45.9 Å². The number of hydrogen-bond donors (Lipinski definition) is 2. The van der Waals surface area contributed by atoms with Crippen molar-refractivity contribution in [1.29, 1.82) is 0 Å². The zero-order valence-corrected chi connectivity index (χ0v) is 19.8. The van der Waals surface area contributed by atoms with Crippen LogP contribution in [0.25, 0.3) is 0 Å². The lowest BCUT2D eigenvalue weighted by atomic mass is 10.1. The topological polar surface area (TPSA) is 134 Å². The molecule has 3 heterocycles. The van der Waals surface area contributed by atoms with E-state index in [0.29, 0.717) is 23.7 Å². The van der Waals surface area contributed by atoms with Gasteiger partial charge in [0.15, 0.2) is 5.16 Å². The number of ether oxygens (including phenoxy) is 1. The molecule has 0 unspecified atom stereocenters. The van der Waals surface area contributed by atoms with Crippen molar-refractivity contribution < 1.29 is 19.1 Å². The van der Waals surface area contributed by atoms with E-state index >= 15 is 0 Å². The first-order chi connectivity index (χ1) is 15.3. The molecule has 170 valence electrons. The monoisotopic (exact) mass is 476 g/mol. The van der Waals surface area contributed by atoms with Gasteiger partial charge in [0.2, 0.25) is 5.91 Å². The van der Waals surface area contributed by atoms with Crippen molar-refractivity contribution in [2.24, 2.45) is 12.8 Å². The van der Waals surface area contributed by atoms with E-state index in [1.54, 1.807) is 6.92 Å². The van der Waals surface area contributed by atoms with Crippen LogP contribution in [0.2, 0.25) is 0 Å². The fourth-order valence-corrected chi connectivity index (χ4v) is 5.08. The summed E-state index contributed by atoms with van der Waals surface area (Å²) in [5.41, 5.74) is 7.00. The van der Waals surface area contributed by atoms with Crippen LogP contribution in [0.3, 0.4) is 0 Å². The molecule has 0 aliphatic heterocycles. The number of carbonyl (C=O) groups is 3. The number of nitrogens with two attached hydrogens (primary N) is 1. The van der Waals surface area contributed by atoms with Gasteiger partial charge in [0.25, 0.3) is 5.91 Å². The Hall–Kier alpha value is -3.12. The Morgan fingerprint density at radius 3 is 2.66 bits per heavy atom. The second-order valence-corrected chi connectivity index (χ2v) is 8.85. The van der Waals surface area contributed by atoms with Gasteiger partial charge >= 0.3 is 5.97 Å². The van der Waals surface area contributed by atoms with Gasteiger partial charge in [-0.05, 0) is 31.5 Å². The van der Waals surface area contributed by atoms with Gasteiger partial charge in [0.1, 0.15) is 10.8 Å². The highest BCUT2D eigenvalue weighted by molar-refractivity contribution is 7.99. The lowest BCUT2D eigenvalue weighted by Crippen LogP contribution is -2.16. The van der Waals surface area contributed by atoms with E-state index in [1.165, 1.54) is 18.9 Å². The molecule has 0 aliphatic rings. The number of thioether (sulfide) groups is 1. The van der Waals surface area contributed by atoms with Crippen LogP contribution in [0, 0.1) is 6.92 Å². The smallest absolute Gasteiger partial charge is 0.341 e. The van der Waals surface area contributed by atoms with Crippen LogP contribution >= 0.6 is 23.1 Å². The van der Waals surface area contributed by atoms with E-state index in [2.05, 4.69) is 15.5 Å². The maximum absolute atomic E-state index is 12.6. The van der Waals surface area contributed by atoms with E-state index in [9.17, 15) is 14.4 Å². The van der Waals surface area contributed by atoms with Crippen molar-refractivity contribution in [2.75, 3.05) is 18.2 Å². The predicted molar refractivity (Wildman–Crippen MR) is 122 cm³/mol. The quantitative estimate of drug-likeness (QED) is 0.357. The van der Waals surface area contributed by atoms with E-state index in [4.69, 9.17) is 10.5 Å². The van der Waals surface area contributed by atoms with Gasteiger partial charge in [-0.1, -0.05) is 11.8 Å². The number of thiophene rings is 1. The van der Waals surface area contributed by atoms with Crippen LogP contribution in [0.15, 0.2) is 23.5 Å². The predicted octanol–water partition coefficient (Wildman–Crippen LogP) is 2.21. The summed E-state index contributed by atoms with van der Waals surface area (Å²) in [5.74, 6) is -0.817. The Balaban J connectivity index is 1.72. The molecule has 12 heteroatoms. The van der Waals surface area contributed by atoms with E-state index in [-0.39, 0.29) is 27.1 Å². The average Bonchev–Trinajstić information content (AvgIpc) is 3.43. The Morgan fingerprint density at radius 2 is 2.06 bits per heavy atom. The Bertz CT molecular complexity index is 1160. The summed E-state index contributed by atoms with van der Waals surface area (Å²) >= 11 is 2.19. The number of hydrogen-bond acceptors (Lipinski definition) is 8. The fraction of sp³-hybridized carbons (Fsp3) is 0.350. The zero-order valence-electron chi connectivity index (χ0n) is 18.2. The first-order valence-corrected chi connectivity index (χ1v) is 11.5. The fourth-order valence-electron chi connectivity index (χ4n) is 3.19. The molecule has 0 bridgehead atoms. The average molecular weight is 477 g/mol. The van der Waals surface area contributed by atoms with Crippen LogP contribution < -0.4 is 11.1 Å². The Kier molecular flexibility index (Phi) is 7.36. The van der Waals surface area contributed by atoms with Crippen LogP contribution in [-0.2, 0) is 29.5 Å². The van der Waals surface area contributed by atoms with E-state index in [0.717, 1.165) is 22.9 Å². The summed E-state index contributed by atoms with van der Waals surface area (Å²) in [6.07, 6.45) is 2.60. The lowest BCUT2D eigenvalue weighted by molar-refractivity contribution is -0.113. The van der Waals surface area contributed by atoms with Crippen molar-refractivity contribution in [3.63, 3.8) is 0 Å². The van der Waals surface area contributed by atoms with Gasteiger partial charge < -0.3 is 24.9 Å². The van der Waals surface area contributed by atoms with Gasteiger partial charge in [0.05, 0.1) is 23.3 Å². The van der Waals surface area contributed by atoms with Crippen molar-refractivity contribution in [3.8, 4) is 0 Å². The van der Waals surface area contributed by atoms with Crippen LogP contribution in [0.1, 0.15) is 44.0 Å². The van der Waals surface area contributed by atoms with Crippen LogP contribution in [-0.4, -0.2) is 50.0 Å². The first-order valence-electron chi connectivity index (χ1n) is 9.73. The molecular weight excluding hydrogens is 452 g/mol. The van der Waals surface area contributed by atoms with Crippen LogP contribution in [0.5, 0.6) is 0 Å². The third-order valence-corrected chi connectivity index (χ3v) is 7.03. The minimum Gasteiger partial charge on any atom is -0.465 e. The van der Waals surface area contributed by atoms with Gasteiger partial charge in [0, 0.05) is 31.9 Å². The van der Waals surface area contributed by atoms with Crippen LogP contribution in [0.4, 0.5) is 5.00 Å². The molecule has 0 atom stereocenters. The third-order valence-electron chi connectivity index (χ3n) is 4.85. The molecule has 3 aromatic heterocycles. The minimum absolute atomic E-state index is 0.0474. The summed E-state index contributed by atoms with van der Waals surface area (Å²) in [4.78, 5) is 36.6. The number of amides is 2. The molecule has 0 fully saturated rings. The second-order valence-electron chi connectivity index (χ2n) is 6.88. The number of methoxy groups -OCH3 is 1.